The van der Waals surface area contributed by atoms with Crippen LogP contribution in [0.1, 0.15) is 25.8 Å². The van der Waals surface area contributed by atoms with E-state index in [9.17, 15) is 9.50 Å². The molecular weight excluding hydrogens is 233 g/mol. The van der Waals surface area contributed by atoms with E-state index in [-0.39, 0.29) is 24.2 Å². The van der Waals surface area contributed by atoms with Crippen molar-refractivity contribution in [2.75, 3.05) is 13.2 Å². The van der Waals surface area contributed by atoms with Gasteiger partial charge in [0, 0.05) is 12.1 Å². The monoisotopic (exact) mass is 255 g/mol. The highest BCUT2D eigenvalue weighted by Gasteiger charge is 2.10. The standard InChI is InChI=1S/C14H22FNO2/c1-10(2)16-12(9-17)7-8-18-13-6-4-5-11(3)14(13)15/h4-6,10,12,16-17H,7-9H2,1-3H3. The van der Waals surface area contributed by atoms with Crippen molar-refractivity contribution in [3.8, 4) is 5.75 Å². The number of rotatable bonds is 7. The second-order valence-corrected chi connectivity index (χ2v) is 4.73. The fourth-order valence-electron chi connectivity index (χ4n) is 1.74. The normalized spacial score (nSPS) is 12.8. The largest absolute Gasteiger partial charge is 0.490 e. The molecule has 0 aliphatic rings. The molecule has 0 saturated heterocycles. The molecule has 0 spiro atoms. The number of aliphatic hydroxyl groups is 1. The van der Waals surface area contributed by atoms with Gasteiger partial charge in [-0.25, -0.2) is 4.39 Å². The second-order valence-electron chi connectivity index (χ2n) is 4.73. The van der Waals surface area contributed by atoms with Gasteiger partial charge in [0.2, 0.25) is 0 Å². The lowest BCUT2D eigenvalue weighted by molar-refractivity contribution is 0.200. The Morgan fingerprint density at radius 1 is 1.39 bits per heavy atom. The van der Waals surface area contributed by atoms with Crippen LogP contribution in [0.2, 0.25) is 0 Å². The Hall–Kier alpha value is -1.13. The SMILES string of the molecule is Cc1cccc(OCCC(CO)NC(C)C)c1F. The first-order valence-corrected chi connectivity index (χ1v) is 6.29. The molecule has 0 aliphatic heterocycles. The zero-order valence-electron chi connectivity index (χ0n) is 11.2. The van der Waals surface area contributed by atoms with Crippen molar-refractivity contribution >= 4 is 0 Å². The third kappa shape index (κ3) is 4.63. The summed E-state index contributed by atoms with van der Waals surface area (Å²) in [5.41, 5.74) is 0.575. The molecule has 102 valence electrons. The summed E-state index contributed by atoms with van der Waals surface area (Å²) in [6.45, 7) is 6.18. The van der Waals surface area contributed by atoms with Crippen molar-refractivity contribution in [3.05, 3.63) is 29.6 Å². The predicted octanol–water partition coefficient (Wildman–Crippen LogP) is 2.26. The quantitative estimate of drug-likeness (QED) is 0.785. The maximum absolute atomic E-state index is 13.6. The molecule has 0 radical (unpaired) electrons. The van der Waals surface area contributed by atoms with Crippen molar-refractivity contribution in [1.29, 1.82) is 0 Å². The maximum Gasteiger partial charge on any atom is 0.167 e. The summed E-state index contributed by atoms with van der Waals surface area (Å²) in [5.74, 6) is -0.0360. The van der Waals surface area contributed by atoms with E-state index >= 15 is 0 Å². The Morgan fingerprint density at radius 2 is 2.11 bits per heavy atom. The molecular formula is C14H22FNO2. The van der Waals surface area contributed by atoms with E-state index in [1.165, 1.54) is 0 Å². The average Bonchev–Trinajstić information content (AvgIpc) is 2.32. The van der Waals surface area contributed by atoms with Gasteiger partial charge in [-0.3, -0.25) is 0 Å². The number of hydrogen-bond donors (Lipinski definition) is 2. The van der Waals surface area contributed by atoms with Crippen LogP contribution >= 0.6 is 0 Å². The van der Waals surface area contributed by atoms with Gasteiger partial charge in [-0.1, -0.05) is 26.0 Å². The third-order valence-electron chi connectivity index (χ3n) is 2.67. The number of nitrogens with one attached hydrogen (secondary N) is 1. The van der Waals surface area contributed by atoms with E-state index in [1.54, 1.807) is 25.1 Å². The zero-order chi connectivity index (χ0) is 13.5. The van der Waals surface area contributed by atoms with Crippen LogP contribution in [0.15, 0.2) is 18.2 Å². The predicted molar refractivity (Wildman–Crippen MR) is 70.4 cm³/mol. The van der Waals surface area contributed by atoms with Crippen LogP contribution in [0.25, 0.3) is 0 Å². The smallest absolute Gasteiger partial charge is 0.167 e. The van der Waals surface area contributed by atoms with E-state index < -0.39 is 0 Å². The van der Waals surface area contributed by atoms with Gasteiger partial charge in [0.15, 0.2) is 11.6 Å². The highest BCUT2D eigenvalue weighted by Crippen LogP contribution is 2.19. The molecule has 18 heavy (non-hydrogen) atoms. The van der Waals surface area contributed by atoms with E-state index in [2.05, 4.69) is 5.32 Å². The summed E-state index contributed by atoms with van der Waals surface area (Å²) in [6, 6.07) is 5.38. The molecule has 1 rings (SSSR count). The van der Waals surface area contributed by atoms with Crippen molar-refractivity contribution < 1.29 is 14.2 Å². The van der Waals surface area contributed by atoms with Crippen LogP contribution in [-0.2, 0) is 0 Å². The van der Waals surface area contributed by atoms with Gasteiger partial charge in [0.05, 0.1) is 13.2 Å². The van der Waals surface area contributed by atoms with E-state index in [0.717, 1.165) is 0 Å². The lowest BCUT2D eigenvalue weighted by atomic mass is 10.2. The first kappa shape index (κ1) is 14.9. The first-order chi connectivity index (χ1) is 8.54. The number of ether oxygens (including phenoxy) is 1. The summed E-state index contributed by atoms with van der Waals surface area (Å²) in [5, 5.41) is 12.4. The van der Waals surface area contributed by atoms with E-state index in [1.807, 2.05) is 13.8 Å². The lowest BCUT2D eigenvalue weighted by Crippen LogP contribution is -2.38. The molecule has 1 aromatic rings. The number of benzene rings is 1. The van der Waals surface area contributed by atoms with Crippen LogP contribution in [0, 0.1) is 12.7 Å². The van der Waals surface area contributed by atoms with Gasteiger partial charge in [-0.05, 0) is 25.0 Å². The summed E-state index contributed by atoms with van der Waals surface area (Å²) < 4.78 is 19.0. The van der Waals surface area contributed by atoms with Crippen LogP contribution in [0.3, 0.4) is 0 Å². The Balaban J connectivity index is 2.43. The van der Waals surface area contributed by atoms with Gasteiger partial charge in [-0.2, -0.15) is 0 Å². The van der Waals surface area contributed by atoms with Crippen molar-refractivity contribution in [2.45, 2.75) is 39.3 Å². The summed E-state index contributed by atoms with van der Waals surface area (Å²) in [7, 11) is 0. The fraction of sp³-hybridized carbons (Fsp3) is 0.571. The molecule has 1 atom stereocenters. The van der Waals surface area contributed by atoms with Gasteiger partial charge >= 0.3 is 0 Å². The third-order valence-corrected chi connectivity index (χ3v) is 2.67. The minimum absolute atomic E-state index is 0.0159. The molecule has 0 heterocycles. The number of halogens is 1. The van der Waals surface area contributed by atoms with Crippen LogP contribution in [0.5, 0.6) is 5.75 Å². The topological polar surface area (TPSA) is 41.5 Å². The van der Waals surface area contributed by atoms with E-state index in [4.69, 9.17) is 4.74 Å². The lowest BCUT2D eigenvalue weighted by Gasteiger charge is -2.19. The van der Waals surface area contributed by atoms with Gasteiger partial charge in [0.1, 0.15) is 0 Å². The van der Waals surface area contributed by atoms with Crippen molar-refractivity contribution in [1.82, 2.24) is 5.32 Å². The van der Waals surface area contributed by atoms with Gasteiger partial charge < -0.3 is 15.2 Å². The van der Waals surface area contributed by atoms with Gasteiger partial charge in [0.25, 0.3) is 0 Å². The highest BCUT2D eigenvalue weighted by molar-refractivity contribution is 5.29. The first-order valence-electron chi connectivity index (χ1n) is 6.29. The molecule has 2 N–H and O–H groups in total. The minimum atomic E-state index is -0.310. The molecule has 3 nitrogen and oxygen atoms in total. The molecule has 0 saturated carbocycles. The van der Waals surface area contributed by atoms with Crippen LogP contribution < -0.4 is 10.1 Å². The molecule has 0 amide bonds. The van der Waals surface area contributed by atoms with Crippen molar-refractivity contribution in [3.63, 3.8) is 0 Å². The maximum atomic E-state index is 13.6. The summed E-state index contributed by atoms with van der Waals surface area (Å²) in [4.78, 5) is 0. The Bertz CT molecular complexity index is 369. The summed E-state index contributed by atoms with van der Waals surface area (Å²) in [6.07, 6.45) is 0.641. The molecule has 0 fully saturated rings. The molecule has 0 bridgehead atoms. The molecule has 0 aromatic heterocycles. The Morgan fingerprint density at radius 3 is 2.72 bits per heavy atom. The average molecular weight is 255 g/mol. The molecule has 1 aromatic carbocycles. The molecule has 1 unspecified atom stereocenters. The number of aryl methyl sites for hydroxylation is 1. The van der Waals surface area contributed by atoms with Crippen LogP contribution in [-0.4, -0.2) is 30.4 Å². The Kier molecular flexibility index (Phi) is 6.09. The molecule has 4 heteroatoms. The summed E-state index contributed by atoms with van der Waals surface area (Å²) >= 11 is 0. The highest BCUT2D eigenvalue weighted by atomic mass is 19.1. The van der Waals surface area contributed by atoms with Crippen LogP contribution in [0.4, 0.5) is 4.39 Å². The van der Waals surface area contributed by atoms with E-state index in [0.29, 0.717) is 24.6 Å². The number of hydrogen-bond acceptors (Lipinski definition) is 3. The second kappa shape index (κ2) is 7.34. The zero-order valence-corrected chi connectivity index (χ0v) is 11.2. The Labute approximate surface area is 108 Å². The van der Waals surface area contributed by atoms with Crippen molar-refractivity contribution in [2.24, 2.45) is 0 Å². The molecule has 0 aliphatic carbocycles. The fourth-order valence-corrected chi connectivity index (χ4v) is 1.74. The van der Waals surface area contributed by atoms with Gasteiger partial charge in [-0.15, -0.1) is 0 Å². The minimum Gasteiger partial charge on any atom is -0.490 e. The number of aliphatic hydroxyl groups excluding tert-OH is 1.